The van der Waals surface area contributed by atoms with Crippen molar-refractivity contribution in [1.82, 2.24) is 10.0 Å². The third kappa shape index (κ3) is 6.45. The highest BCUT2D eigenvalue weighted by atomic mass is 32.2. The molecule has 0 spiro atoms. The van der Waals surface area contributed by atoms with Crippen molar-refractivity contribution in [3.8, 4) is 0 Å². The van der Waals surface area contributed by atoms with Gasteiger partial charge in [0.2, 0.25) is 10.0 Å². The lowest BCUT2D eigenvalue weighted by atomic mass is 10.1. The van der Waals surface area contributed by atoms with Crippen LogP contribution in [0.1, 0.15) is 55.8 Å². The first-order valence-electron chi connectivity index (χ1n) is 9.55. The Balaban J connectivity index is 1.98. The van der Waals surface area contributed by atoms with Crippen LogP contribution in [0.2, 0.25) is 0 Å². The minimum absolute atomic E-state index is 0.0561. The number of esters is 1. The van der Waals surface area contributed by atoms with Crippen molar-refractivity contribution in [3.05, 3.63) is 42.5 Å². The summed E-state index contributed by atoms with van der Waals surface area (Å²) >= 11 is 0. The Morgan fingerprint density at radius 1 is 1.25 bits per heavy atom. The van der Waals surface area contributed by atoms with E-state index in [9.17, 15) is 18.0 Å². The third-order valence-corrected chi connectivity index (χ3v) is 6.07. The molecule has 1 fully saturated rings. The van der Waals surface area contributed by atoms with E-state index < -0.39 is 22.1 Å². The first-order chi connectivity index (χ1) is 13.3. The molecular weight excluding hydrogens is 380 g/mol. The minimum atomic E-state index is -3.75. The molecule has 1 aliphatic rings. The number of amides is 1. The maximum Gasteiger partial charge on any atom is 0.338 e. The highest BCUT2D eigenvalue weighted by molar-refractivity contribution is 7.89. The minimum Gasteiger partial charge on any atom is -0.449 e. The van der Waals surface area contributed by atoms with Gasteiger partial charge in [0.1, 0.15) is 0 Å². The topological polar surface area (TPSA) is 102 Å². The molecule has 1 saturated carbocycles. The molecular formula is C20H28N2O5S. The van der Waals surface area contributed by atoms with E-state index in [0.717, 1.165) is 25.7 Å². The normalized spacial score (nSPS) is 16.6. The first-order valence-corrected chi connectivity index (χ1v) is 11.0. The van der Waals surface area contributed by atoms with Crippen LogP contribution < -0.4 is 10.0 Å². The van der Waals surface area contributed by atoms with Gasteiger partial charge in [-0.3, -0.25) is 4.79 Å². The summed E-state index contributed by atoms with van der Waals surface area (Å²) in [5, 5.41) is 2.94. The van der Waals surface area contributed by atoms with Gasteiger partial charge in [-0.2, -0.15) is 0 Å². The Labute approximate surface area is 166 Å². The molecule has 28 heavy (non-hydrogen) atoms. The molecule has 1 aromatic carbocycles. The Bertz CT molecular complexity index is 799. The van der Waals surface area contributed by atoms with Gasteiger partial charge in [0.15, 0.2) is 6.10 Å². The lowest BCUT2D eigenvalue weighted by Gasteiger charge is -2.19. The molecule has 2 N–H and O–H groups in total. The Kier molecular flexibility index (Phi) is 8.19. The quantitative estimate of drug-likeness (QED) is 0.391. The van der Waals surface area contributed by atoms with E-state index in [-0.39, 0.29) is 29.0 Å². The summed E-state index contributed by atoms with van der Waals surface area (Å²) < 4.78 is 31.9. The van der Waals surface area contributed by atoms with Crippen molar-refractivity contribution in [2.45, 2.75) is 62.5 Å². The molecule has 1 aromatic rings. The maximum atomic E-state index is 12.4. The van der Waals surface area contributed by atoms with Crippen LogP contribution in [0.5, 0.6) is 0 Å². The Morgan fingerprint density at radius 3 is 2.57 bits per heavy atom. The van der Waals surface area contributed by atoms with Gasteiger partial charge < -0.3 is 10.1 Å². The van der Waals surface area contributed by atoms with Crippen LogP contribution in [0, 0.1) is 0 Å². The lowest BCUT2D eigenvalue weighted by molar-refractivity contribution is -0.129. The number of sulfonamides is 1. The van der Waals surface area contributed by atoms with Crippen LogP contribution in [-0.2, 0) is 19.6 Å². The molecule has 0 unspecified atom stereocenters. The fraction of sp³-hybridized carbons (Fsp3) is 0.500. The molecule has 1 atom stereocenters. The lowest BCUT2D eigenvalue weighted by Crippen LogP contribution is -2.41. The number of hydrogen-bond donors (Lipinski definition) is 2. The number of nitrogens with one attached hydrogen (secondary N) is 2. The maximum absolute atomic E-state index is 12.4. The molecule has 0 aliphatic heterocycles. The SMILES string of the molecule is C=CCNS(=O)(=O)c1cccc(C(=O)O[C@H](C)C(=O)NC2CCCCCC2)c1. The molecule has 8 heteroatoms. The van der Waals surface area contributed by atoms with Crippen molar-refractivity contribution in [2.24, 2.45) is 0 Å². The van der Waals surface area contributed by atoms with Gasteiger partial charge in [-0.15, -0.1) is 6.58 Å². The molecule has 1 aliphatic carbocycles. The molecule has 1 amide bonds. The van der Waals surface area contributed by atoms with Gasteiger partial charge in [0.25, 0.3) is 5.91 Å². The van der Waals surface area contributed by atoms with Gasteiger partial charge >= 0.3 is 5.97 Å². The van der Waals surface area contributed by atoms with Crippen LogP contribution in [-0.4, -0.2) is 39.0 Å². The smallest absolute Gasteiger partial charge is 0.338 e. The van der Waals surface area contributed by atoms with Gasteiger partial charge in [-0.1, -0.05) is 37.8 Å². The summed E-state index contributed by atoms with van der Waals surface area (Å²) in [7, 11) is -3.75. The van der Waals surface area contributed by atoms with Crippen LogP contribution >= 0.6 is 0 Å². The number of ether oxygens (including phenoxy) is 1. The predicted octanol–water partition coefficient (Wildman–Crippen LogP) is 2.54. The summed E-state index contributed by atoms with van der Waals surface area (Å²) in [6.07, 6.45) is 6.85. The molecule has 154 valence electrons. The molecule has 0 heterocycles. The molecule has 7 nitrogen and oxygen atoms in total. The van der Waals surface area contributed by atoms with Gasteiger partial charge in [-0.25, -0.2) is 17.9 Å². The second kappa shape index (κ2) is 10.4. The zero-order chi connectivity index (χ0) is 20.6. The fourth-order valence-electron chi connectivity index (χ4n) is 3.07. The van der Waals surface area contributed by atoms with Crippen molar-refractivity contribution >= 4 is 21.9 Å². The number of carbonyl (C=O) groups excluding carboxylic acids is 2. The van der Waals surface area contributed by atoms with E-state index in [1.165, 1.54) is 50.1 Å². The average molecular weight is 409 g/mol. The standard InChI is InChI=1S/C20H28N2O5S/c1-3-13-21-28(25,26)18-12-8-9-16(14-18)20(24)27-15(2)19(23)22-17-10-6-4-5-7-11-17/h3,8-9,12,14-15,17,21H,1,4-7,10-11,13H2,2H3,(H,22,23)/t15-/m1/s1. The van der Waals surface area contributed by atoms with Crippen molar-refractivity contribution in [3.63, 3.8) is 0 Å². The van der Waals surface area contributed by atoms with Crippen LogP contribution in [0.15, 0.2) is 41.8 Å². The monoisotopic (exact) mass is 408 g/mol. The van der Waals surface area contributed by atoms with Crippen LogP contribution in [0.4, 0.5) is 0 Å². The van der Waals surface area contributed by atoms with Crippen molar-refractivity contribution < 1.29 is 22.7 Å². The average Bonchev–Trinajstić information content (AvgIpc) is 2.95. The zero-order valence-corrected chi connectivity index (χ0v) is 17.0. The molecule has 2 rings (SSSR count). The first kappa shape index (κ1) is 22.1. The number of hydrogen-bond acceptors (Lipinski definition) is 5. The van der Waals surface area contributed by atoms with Crippen molar-refractivity contribution in [1.29, 1.82) is 0 Å². The van der Waals surface area contributed by atoms with Gasteiger partial charge in [0, 0.05) is 12.6 Å². The van der Waals surface area contributed by atoms with Gasteiger partial charge in [0.05, 0.1) is 10.5 Å². The largest absolute Gasteiger partial charge is 0.449 e. The van der Waals surface area contributed by atoms with Crippen LogP contribution in [0.3, 0.4) is 0 Å². The Morgan fingerprint density at radius 2 is 1.93 bits per heavy atom. The molecule has 0 saturated heterocycles. The van der Waals surface area contributed by atoms with Gasteiger partial charge in [-0.05, 0) is 38.0 Å². The number of benzene rings is 1. The molecule has 0 aromatic heterocycles. The highest BCUT2D eigenvalue weighted by Gasteiger charge is 2.23. The molecule has 0 radical (unpaired) electrons. The second-order valence-electron chi connectivity index (χ2n) is 6.91. The molecule has 0 bridgehead atoms. The Hall–Kier alpha value is -2.19. The summed E-state index contributed by atoms with van der Waals surface area (Å²) in [5.41, 5.74) is 0.0654. The third-order valence-electron chi connectivity index (χ3n) is 4.65. The zero-order valence-electron chi connectivity index (χ0n) is 16.1. The fourth-order valence-corrected chi connectivity index (χ4v) is 4.11. The van der Waals surface area contributed by atoms with E-state index in [0.29, 0.717) is 0 Å². The number of rotatable bonds is 8. The summed E-state index contributed by atoms with van der Waals surface area (Å²) in [6, 6.07) is 5.62. The second-order valence-corrected chi connectivity index (χ2v) is 8.68. The summed E-state index contributed by atoms with van der Waals surface area (Å²) in [5.74, 6) is -1.08. The van der Waals surface area contributed by atoms with E-state index in [2.05, 4.69) is 16.6 Å². The number of carbonyl (C=O) groups is 2. The summed E-state index contributed by atoms with van der Waals surface area (Å²) in [4.78, 5) is 24.6. The predicted molar refractivity (Wildman–Crippen MR) is 106 cm³/mol. The van der Waals surface area contributed by atoms with E-state index >= 15 is 0 Å². The van der Waals surface area contributed by atoms with Crippen LogP contribution in [0.25, 0.3) is 0 Å². The summed E-state index contributed by atoms with van der Waals surface area (Å²) in [6.45, 7) is 5.05. The van der Waals surface area contributed by atoms with Crippen molar-refractivity contribution in [2.75, 3.05) is 6.54 Å². The highest BCUT2D eigenvalue weighted by Crippen LogP contribution is 2.18. The van der Waals surface area contributed by atoms with E-state index in [1.807, 2.05) is 0 Å². The van der Waals surface area contributed by atoms with E-state index in [4.69, 9.17) is 4.74 Å². The van der Waals surface area contributed by atoms with E-state index in [1.54, 1.807) is 0 Å².